The van der Waals surface area contributed by atoms with E-state index in [-0.39, 0.29) is 24.4 Å². The van der Waals surface area contributed by atoms with E-state index in [1.807, 2.05) is 0 Å². The lowest BCUT2D eigenvalue weighted by molar-refractivity contribution is -0.130. The quantitative estimate of drug-likeness (QED) is 0.595. The average Bonchev–Trinajstić information content (AvgIpc) is 3.35. The van der Waals surface area contributed by atoms with E-state index in [4.69, 9.17) is 9.57 Å². The molecule has 4 N–H and O–H groups in total. The Morgan fingerprint density at radius 1 is 1.21 bits per heavy atom. The molecule has 2 aliphatic heterocycles. The van der Waals surface area contributed by atoms with Gasteiger partial charge in [0.2, 0.25) is 0 Å². The number of carbonyl (C=O) groups is 1. The van der Waals surface area contributed by atoms with Crippen molar-refractivity contribution in [3.8, 4) is 0 Å². The van der Waals surface area contributed by atoms with Crippen molar-refractivity contribution < 1.29 is 14.4 Å². The van der Waals surface area contributed by atoms with Gasteiger partial charge >= 0.3 is 0 Å². The Hall–Kier alpha value is -0.730. The van der Waals surface area contributed by atoms with E-state index >= 15 is 0 Å². The van der Waals surface area contributed by atoms with Gasteiger partial charge in [-0.3, -0.25) is 20.3 Å². The third-order valence-electron chi connectivity index (χ3n) is 6.33. The molecule has 24 heavy (non-hydrogen) atoms. The Bertz CT molecular complexity index is 457. The molecule has 2 aliphatic carbocycles. The molecule has 4 rings (SSSR count). The zero-order valence-corrected chi connectivity index (χ0v) is 14.4. The number of rotatable bonds is 4. The minimum atomic E-state index is -0.310. The number of hydroxylamine groups is 1. The van der Waals surface area contributed by atoms with Crippen molar-refractivity contribution in [3.05, 3.63) is 0 Å². The molecule has 4 aliphatic rings. The molecule has 0 aromatic carbocycles. The summed E-state index contributed by atoms with van der Waals surface area (Å²) in [7, 11) is 0. The normalized spacial score (nSPS) is 45.3. The Kier molecular flexibility index (Phi) is 5.05. The zero-order valence-electron chi connectivity index (χ0n) is 14.4. The highest BCUT2D eigenvalue weighted by Gasteiger charge is 2.44. The first-order valence-electron chi connectivity index (χ1n) is 9.54. The molecule has 0 aromatic rings. The summed E-state index contributed by atoms with van der Waals surface area (Å²) in [6, 6.07) is 0.330. The summed E-state index contributed by atoms with van der Waals surface area (Å²) in [6.45, 7) is 3.25. The van der Waals surface area contributed by atoms with Crippen molar-refractivity contribution in [1.29, 1.82) is 0 Å². The molecule has 1 amide bonds. The molecule has 7 heteroatoms. The van der Waals surface area contributed by atoms with E-state index in [0.29, 0.717) is 31.2 Å². The molecule has 7 atom stereocenters. The van der Waals surface area contributed by atoms with Crippen molar-refractivity contribution in [1.82, 2.24) is 21.4 Å². The summed E-state index contributed by atoms with van der Waals surface area (Å²) in [5, 5.41) is 9.88. The van der Waals surface area contributed by atoms with Crippen molar-refractivity contribution in [2.75, 3.05) is 13.3 Å². The lowest BCUT2D eigenvalue weighted by Gasteiger charge is -2.36. The minimum Gasteiger partial charge on any atom is -0.352 e. The topological polar surface area (TPSA) is 83.7 Å². The van der Waals surface area contributed by atoms with Gasteiger partial charge in [-0.1, -0.05) is 6.92 Å². The van der Waals surface area contributed by atoms with Crippen LogP contribution in [0, 0.1) is 17.8 Å². The fourth-order valence-corrected chi connectivity index (χ4v) is 4.98. The van der Waals surface area contributed by atoms with Gasteiger partial charge in [-0.05, 0) is 56.3 Å². The third-order valence-corrected chi connectivity index (χ3v) is 6.33. The highest BCUT2D eigenvalue weighted by molar-refractivity contribution is 5.81. The highest BCUT2D eigenvalue weighted by atomic mass is 16.7. The second-order valence-electron chi connectivity index (χ2n) is 7.72. The minimum absolute atomic E-state index is 0.0612. The molecule has 0 bridgehead atoms. The standard InChI is InChI=1S/C17H30N4O3/c1-2-15-20-16(21-24-15)11-3-5-12-10(7-11)4-6-13(12)19-17(22)14-8-18-9-23-14/h10-16,18,20-21H,2-9H2,1H3,(H,19,22)/t10?,11?,12?,13-,14?,15?,16?/m1/s1. The van der Waals surface area contributed by atoms with Crippen molar-refractivity contribution in [3.63, 3.8) is 0 Å². The summed E-state index contributed by atoms with van der Waals surface area (Å²) in [6.07, 6.45) is 7.03. The van der Waals surface area contributed by atoms with Crippen LogP contribution in [-0.2, 0) is 14.4 Å². The summed E-state index contributed by atoms with van der Waals surface area (Å²) in [4.78, 5) is 17.9. The second-order valence-corrected chi connectivity index (χ2v) is 7.72. The van der Waals surface area contributed by atoms with Gasteiger partial charge in [0.15, 0.2) is 0 Å². The maximum absolute atomic E-state index is 12.3. The van der Waals surface area contributed by atoms with E-state index in [1.54, 1.807) is 0 Å². The van der Waals surface area contributed by atoms with Crippen LogP contribution in [-0.4, -0.2) is 43.7 Å². The van der Waals surface area contributed by atoms with Crippen LogP contribution in [0.1, 0.15) is 45.4 Å². The van der Waals surface area contributed by atoms with E-state index in [2.05, 4.69) is 28.4 Å². The number of hydrogen-bond acceptors (Lipinski definition) is 6. The van der Waals surface area contributed by atoms with Crippen LogP contribution in [0.3, 0.4) is 0 Å². The largest absolute Gasteiger partial charge is 0.352 e. The molecule has 0 radical (unpaired) electrons. The van der Waals surface area contributed by atoms with Crippen LogP contribution in [0.5, 0.6) is 0 Å². The van der Waals surface area contributed by atoms with E-state index < -0.39 is 0 Å². The molecule has 2 saturated heterocycles. The lowest BCUT2D eigenvalue weighted by Crippen LogP contribution is -2.47. The van der Waals surface area contributed by atoms with Crippen LogP contribution in [0.4, 0.5) is 0 Å². The van der Waals surface area contributed by atoms with Gasteiger partial charge in [0.1, 0.15) is 12.3 Å². The Labute approximate surface area is 143 Å². The fraction of sp³-hybridized carbons (Fsp3) is 0.941. The molecular weight excluding hydrogens is 308 g/mol. The molecule has 6 unspecified atom stereocenters. The Morgan fingerprint density at radius 2 is 2.08 bits per heavy atom. The van der Waals surface area contributed by atoms with Crippen molar-refractivity contribution in [2.45, 2.75) is 70.0 Å². The van der Waals surface area contributed by atoms with Gasteiger partial charge in [-0.25, -0.2) is 0 Å². The second kappa shape index (κ2) is 7.25. The van der Waals surface area contributed by atoms with Crippen LogP contribution >= 0.6 is 0 Å². The molecule has 2 saturated carbocycles. The van der Waals surface area contributed by atoms with Crippen LogP contribution in [0.2, 0.25) is 0 Å². The predicted molar refractivity (Wildman–Crippen MR) is 88.5 cm³/mol. The lowest BCUT2D eigenvalue weighted by atomic mass is 9.74. The molecule has 0 aromatic heterocycles. The SMILES string of the molecule is CCC1NC(C2CCC3C(CC[C@H]3NC(=O)C3CNCO3)C2)NO1. The Morgan fingerprint density at radius 3 is 2.83 bits per heavy atom. The van der Waals surface area contributed by atoms with Gasteiger partial charge in [-0.15, -0.1) is 0 Å². The maximum atomic E-state index is 12.3. The van der Waals surface area contributed by atoms with E-state index in [9.17, 15) is 4.79 Å². The summed E-state index contributed by atoms with van der Waals surface area (Å²) in [5.74, 6) is 2.04. The number of nitrogens with one attached hydrogen (secondary N) is 4. The molecular formula is C17H30N4O3. The number of fused-ring (bicyclic) bond motifs is 1. The van der Waals surface area contributed by atoms with Gasteiger partial charge in [0.05, 0.1) is 12.9 Å². The fourth-order valence-electron chi connectivity index (χ4n) is 4.98. The molecule has 136 valence electrons. The van der Waals surface area contributed by atoms with Crippen LogP contribution in [0.15, 0.2) is 0 Å². The van der Waals surface area contributed by atoms with E-state index in [0.717, 1.165) is 18.8 Å². The molecule has 4 fully saturated rings. The number of hydrogen-bond donors (Lipinski definition) is 4. The molecule has 0 spiro atoms. The van der Waals surface area contributed by atoms with Gasteiger partial charge in [0, 0.05) is 12.6 Å². The smallest absolute Gasteiger partial charge is 0.250 e. The first-order chi connectivity index (χ1) is 11.7. The van der Waals surface area contributed by atoms with Crippen LogP contribution in [0.25, 0.3) is 0 Å². The van der Waals surface area contributed by atoms with Gasteiger partial charge < -0.3 is 10.1 Å². The monoisotopic (exact) mass is 338 g/mol. The first kappa shape index (κ1) is 16.7. The molecule has 7 nitrogen and oxygen atoms in total. The highest BCUT2D eigenvalue weighted by Crippen LogP contribution is 2.45. The van der Waals surface area contributed by atoms with E-state index in [1.165, 1.54) is 25.7 Å². The number of amides is 1. The number of carbonyl (C=O) groups excluding carboxylic acids is 1. The summed E-state index contributed by atoms with van der Waals surface area (Å²) in [5.41, 5.74) is 3.18. The predicted octanol–water partition coefficient (Wildman–Crippen LogP) is 0.430. The first-order valence-corrected chi connectivity index (χ1v) is 9.54. The van der Waals surface area contributed by atoms with Crippen molar-refractivity contribution in [2.24, 2.45) is 17.8 Å². The Balaban J connectivity index is 1.29. The third kappa shape index (κ3) is 3.32. The maximum Gasteiger partial charge on any atom is 0.250 e. The van der Waals surface area contributed by atoms with Crippen LogP contribution < -0.4 is 21.4 Å². The molecule has 2 heterocycles. The number of ether oxygens (including phenoxy) is 1. The summed E-state index contributed by atoms with van der Waals surface area (Å²) < 4.78 is 5.41. The average molecular weight is 338 g/mol. The zero-order chi connectivity index (χ0) is 16.5. The van der Waals surface area contributed by atoms with Gasteiger partial charge in [-0.2, -0.15) is 5.48 Å². The van der Waals surface area contributed by atoms with Crippen molar-refractivity contribution >= 4 is 5.91 Å². The summed E-state index contributed by atoms with van der Waals surface area (Å²) >= 11 is 0. The van der Waals surface area contributed by atoms with Gasteiger partial charge in [0.25, 0.3) is 5.91 Å².